The van der Waals surface area contributed by atoms with E-state index in [9.17, 15) is 9.18 Å². The molecule has 7 heteroatoms. The molecule has 3 heterocycles. The molecule has 2 aromatic rings. The number of pyridine rings is 1. The molecule has 1 aliphatic heterocycles. The van der Waals surface area contributed by atoms with Crippen molar-refractivity contribution in [2.24, 2.45) is 5.41 Å². The van der Waals surface area contributed by atoms with E-state index in [1.54, 1.807) is 18.0 Å². The Balaban J connectivity index is 1.62. The predicted molar refractivity (Wildman–Crippen MR) is 102 cm³/mol. The zero-order valence-electron chi connectivity index (χ0n) is 16.1. The molecule has 6 nitrogen and oxygen atoms in total. The maximum atomic E-state index is 14.2. The van der Waals surface area contributed by atoms with Gasteiger partial charge >= 0.3 is 0 Å². The number of piperidine rings is 1. The largest absolute Gasteiger partial charge is 0.358 e. The number of fused-ring (bicyclic) bond motifs is 1. The van der Waals surface area contributed by atoms with Crippen LogP contribution in [0, 0.1) is 11.4 Å². The zero-order chi connectivity index (χ0) is 19.2. The van der Waals surface area contributed by atoms with Gasteiger partial charge in [-0.1, -0.05) is 13.8 Å². The van der Waals surface area contributed by atoms with E-state index < -0.39 is 5.95 Å². The number of likely N-dealkylation sites (tertiary alicyclic amines) is 1. The van der Waals surface area contributed by atoms with Crippen molar-refractivity contribution in [1.29, 1.82) is 0 Å². The van der Waals surface area contributed by atoms with Gasteiger partial charge in [-0.15, -0.1) is 0 Å². The molecule has 1 aliphatic carbocycles. The lowest BCUT2D eigenvalue weighted by atomic mass is 9.76. The van der Waals surface area contributed by atoms with E-state index in [2.05, 4.69) is 34.3 Å². The fraction of sp³-hybridized carbons (Fsp3) is 0.550. The van der Waals surface area contributed by atoms with Crippen LogP contribution in [0.4, 0.5) is 10.2 Å². The van der Waals surface area contributed by atoms with E-state index >= 15 is 0 Å². The first-order chi connectivity index (χ1) is 12.8. The first-order valence-corrected chi connectivity index (χ1v) is 9.58. The van der Waals surface area contributed by atoms with Crippen molar-refractivity contribution in [1.82, 2.24) is 20.1 Å². The second-order valence-corrected chi connectivity index (χ2v) is 8.53. The molecular weight excluding hydrogens is 345 g/mol. The third kappa shape index (κ3) is 3.55. The molecule has 1 unspecified atom stereocenters. The minimum Gasteiger partial charge on any atom is -0.358 e. The number of anilines is 1. The van der Waals surface area contributed by atoms with Gasteiger partial charge in [0.25, 0.3) is 0 Å². The number of carbonyl (C=O) groups excluding carboxylic acids is 1. The van der Waals surface area contributed by atoms with Gasteiger partial charge in [-0.05, 0) is 43.6 Å². The summed E-state index contributed by atoms with van der Waals surface area (Å²) in [5.74, 6) is -0.167. The van der Waals surface area contributed by atoms with Gasteiger partial charge in [-0.25, -0.2) is 4.98 Å². The smallest absolute Gasteiger partial charge is 0.244 e. The van der Waals surface area contributed by atoms with Crippen LogP contribution in [0.1, 0.15) is 44.4 Å². The maximum Gasteiger partial charge on any atom is 0.244 e. The molecule has 2 aliphatic rings. The van der Waals surface area contributed by atoms with Crippen LogP contribution >= 0.6 is 0 Å². The Morgan fingerprint density at radius 3 is 3.00 bits per heavy atom. The van der Waals surface area contributed by atoms with E-state index in [0.717, 1.165) is 50.0 Å². The number of halogens is 1. The molecule has 1 atom stereocenters. The topological polar surface area (TPSA) is 73.9 Å². The van der Waals surface area contributed by atoms with E-state index in [0.29, 0.717) is 11.4 Å². The van der Waals surface area contributed by atoms with Gasteiger partial charge in [-0.3, -0.25) is 9.89 Å². The van der Waals surface area contributed by atoms with Gasteiger partial charge in [0.2, 0.25) is 11.9 Å². The second kappa shape index (κ2) is 6.62. The number of hydrogen-bond acceptors (Lipinski definition) is 4. The zero-order valence-corrected chi connectivity index (χ0v) is 16.1. The minimum absolute atomic E-state index is 0.0215. The van der Waals surface area contributed by atoms with Gasteiger partial charge in [0.05, 0.1) is 5.69 Å². The summed E-state index contributed by atoms with van der Waals surface area (Å²) < 4.78 is 14.2. The number of rotatable bonds is 3. The first kappa shape index (κ1) is 17.9. The van der Waals surface area contributed by atoms with Crippen molar-refractivity contribution >= 4 is 11.7 Å². The average Bonchev–Trinajstić information content (AvgIpc) is 3.00. The molecule has 0 aromatic carbocycles. The third-order valence-electron chi connectivity index (χ3n) is 5.71. The average molecular weight is 371 g/mol. The standard InChI is InChI=1S/C20H26FN5O/c1-20(2)7-6-13-15(11-20)24-25-18(13)12-9-16(21)23-17(10-12)22-14-5-4-8-26(3)19(14)27/h9-10,14H,4-8,11H2,1-3H3,(H,22,23)(H,24,25). The summed E-state index contributed by atoms with van der Waals surface area (Å²) in [6.45, 7) is 5.26. The van der Waals surface area contributed by atoms with Crippen LogP contribution in [0.3, 0.4) is 0 Å². The third-order valence-corrected chi connectivity index (χ3v) is 5.71. The van der Waals surface area contributed by atoms with E-state index in [1.807, 2.05) is 0 Å². The van der Waals surface area contributed by atoms with Gasteiger partial charge in [0, 0.05) is 36.5 Å². The molecule has 1 amide bonds. The normalized spacial score (nSPS) is 21.9. The highest BCUT2D eigenvalue weighted by atomic mass is 19.1. The van der Waals surface area contributed by atoms with Crippen LogP contribution in [0.25, 0.3) is 11.3 Å². The number of hydrogen-bond donors (Lipinski definition) is 2. The van der Waals surface area contributed by atoms with Crippen LogP contribution in [0.5, 0.6) is 0 Å². The van der Waals surface area contributed by atoms with Crippen LogP contribution in [-0.2, 0) is 17.6 Å². The summed E-state index contributed by atoms with van der Waals surface area (Å²) in [6, 6.07) is 2.84. The monoisotopic (exact) mass is 371 g/mol. The summed E-state index contributed by atoms with van der Waals surface area (Å²) in [5, 5.41) is 10.7. The molecule has 27 heavy (non-hydrogen) atoms. The number of amides is 1. The lowest BCUT2D eigenvalue weighted by Gasteiger charge is -2.30. The van der Waals surface area contributed by atoms with Crippen molar-refractivity contribution in [3.63, 3.8) is 0 Å². The number of aromatic amines is 1. The van der Waals surface area contributed by atoms with E-state index in [4.69, 9.17) is 0 Å². The number of H-pyrrole nitrogens is 1. The number of likely N-dealkylation sites (N-methyl/N-ethyl adjacent to an activating group) is 1. The molecule has 1 fully saturated rings. The molecule has 0 bridgehead atoms. The quantitative estimate of drug-likeness (QED) is 0.813. The second-order valence-electron chi connectivity index (χ2n) is 8.53. The minimum atomic E-state index is -0.570. The molecular formula is C20H26FN5O. The highest BCUT2D eigenvalue weighted by Gasteiger charge is 2.30. The Bertz CT molecular complexity index is 875. The van der Waals surface area contributed by atoms with E-state index in [1.165, 1.54) is 11.6 Å². The van der Waals surface area contributed by atoms with Gasteiger partial charge in [0.15, 0.2) is 0 Å². The van der Waals surface area contributed by atoms with E-state index in [-0.39, 0.29) is 17.4 Å². The highest BCUT2D eigenvalue weighted by molar-refractivity contribution is 5.85. The Morgan fingerprint density at radius 2 is 2.19 bits per heavy atom. The molecule has 0 spiro atoms. The lowest BCUT2D eigenvalue weighted by molar-refractivity contribution is -0.132. The number of aromatic nitrogens is 3. The first-order valence-electron chi connectivity index (χ1n) is 9.58. The van der Waals surface area contributed by atoms with Gasteiger partial charge in [-0.2, -0.15) is 9.49 Å². The molecule has 0 saturated carbocycles. The SMILES string of the molecule is CN1CCCC(Nc2cc(-c3n[nH]c4c3CCC(C)(C)C4)cc(F)n2)C1=O. The van der Waals surface area contributed by atoms with Crippen molar-refractivity contribution in [3.05, 3.63) is 29.3 Å². The molecule has 1 saturated heterocycles. The summed E-state index contributed by atoms with van der Waals surface area (Å²) in [7, 11) is 1.79. The maximum absolute atomic E-state index is 14.2. The summed E-state index contributed by atoms with van der Waals surface area (Å²) >= 11 is 0. The predicted octanol–water partition coefficient (Wildman–Crippen LogP) is 3.16. The van der Waals surface area contributed by atoms with Crippen LogP contribution in [-0.4, -0.2) is 45.6 Å². The Kier molecular flexibility index (Phi) is 4.40. The number of carbonyl (C=O) groups is 1. The number of nitrogens with zero attached hydrogens (tertiary/aromatic N) is 3. The summed E-state index contributed by atoms with van der Waals surface area (Å²) in [5.41, 5.74) is 4.03. The molecule has 2 aromatic heterocycles. The Morgan fingerprint density at radius 1 is 1.37 bits per heavy atom. The molecule has 0 radical (unpaired) electrons. The van der Waals surface area contributed by atoms with Crippen LogP contribution in [0.15, 0.2) is 12.1 Å². The molecule has 4 rings (SSSR count). The molecule has 2 N–H and O–H groups in total. The van der Waals surface area contributed by atoms with Crippen molar-refractivity contribution < 1.29 is 9.18 Å². The number of nitrogens with one attached hydrogen (secondary N) is 2. The van der Waals surface area contributed by atoms with Crippen LogP contribution < -0.4 is 5.32 Å². The highest BCUT2D eigenvalue weighted by Crippen LogP contribution is 2.38. The fourth-order valence-corrected chi connectivity index (χ4v) is 4.14. The van der Waals surface area contributed by atoms with Crippen LogP contribution in [0.2, 0.25) is 0 Å². The summed E-state index contributed by atoms with van der Waals surface area (Å²) in [4.78, 5) is 18.0. The fourth-order valence-electron chi connectivity index (χ4n) is 4.14. The lowest BCUT2D eigenvalue weighted by Crippen LogP contribution is -2.45. The summed E-state index contributed by atoms with van der Waals surface area (Å²) in [6.07, 6.45) is 4.59. The van der Waals surface area contributed by atoms with Gasteiger partial charge < -0.3 is 10.2 Å². The van der Waals surface area contributed by atoms with Crippen molar-refractivity contribution in [2.75, 3.05) is 18.9 Å². The molecule has 144 valence electrons. The van der Waals surface area contributed by atoms with Gasteiger partial charge in [0.1, 0.15) is 11.9 Å². The Hall–Kier alpha value is -2.44. The van der Waals surface area contributed by atoms with Crippen molar-refractivity contribution in [3.8, 4) is 11.3 Å². The Labute approximate surface area is 158 Å². The van der Waals surface area contributed by atoms with Crippen molar-refractivity contribution in [2.45, 2.75) is 52.0 Å².